The highest BCUT2D eigenvalue weighted by Crippen LogP contribution is 2.14. The second kappa shape index (κ2) is 38.9. The quantitative estimate of drug-likeness (QED) is 0.0277. The molecule has 6 nitrogen and oxygen atoms in total. The first kappa shape index (κ1) is 47.1. The molecule has 1 atom stereocenters. The number of esters is 3. The monoisotopic (exact) mass is 693 g/mol. The topological polar surface area (TPSA) is 78.9 Å². The molecule has 0 heterocycles. The van der Waals surface area contributed by atoms with E-state index in [1.54, 1.807) is 0 Å². The number of unbranched alkanes of at least 4 members (excludes halogenated alkanes) is 25. The highest BCUT2D eigenvalue weighted by Gasteiger charge is 2.19. The molecule has 0 N–H and O–H groups in total. The van der Waals surface area contributed by atoms with E-state index in [-0.39, 0.29) is 31.1 Å². The average Bonchev–Trinajstić information content (AvgIpc) is 3.09. The lowest BCUT2D eigenvalue weighted by atomic mass is 10.0. The molecule has 0 aliphatic carbocycles. The van der Waals surface area contributed by atoms with Crippen molar-refractivity contribution in [2.45, 2.75) is 232 Å². The van der Waals surface area contributed by atoms with Crippen LogP contribution in [0.4, 0.5) is 0 Å². The van der Waals surface area contributed by atoms with Gasteiger partial charge in [0.15, 0.2) is 6.10 Å². The SMILES string of the molecule is CCCCCCCC/C=C\CCCCCCCC(=O)OC(COC(=O)CCCCC)COC(=O)CCCCCCCCCCCCCCC. The van der Waals surface area contributed by atoms with E-state index in [9.17, 15) is 14.4 Å². The Balaban J connectivity index is 4.14. The molecule has 0 saturated carbocycles. The maximum absolute atomic E-state index is 12.6. The first-order valence-corrected chi connectivity index (χ1v) is 21.2. The van der Waals surface area contributed by atoms with Crippen LogP contribution in [-0.4, -0.2) is 37.2 Å². The smallest absolute Gasteiger partial charge is 0.306 e. The number of hydrogen-bond donors (Lipinski definition) is 0. The fourth-order valence-electron chi connectivity index (χ4n) is 6.02. The minimum absolute atomic E-state index is 0.0718. The van der Waals surface area contributed by atoms with E-state index in [0.717, 1.165) is 64.2 Å². The Morgan fingerprint density at radius 3 is 1.06 bits per heavy atom. The summed E-state index contributed by atoms with van der Waals surface area (Å²) in [5.74, 6) is -0.905. The second-order valence-electron chi connectivity index (χ2n) is 14.3. The Bertz CT molecular complexity index is 763. The van der Waals surface area contributed by atoms with Crippen molar-refractivity contribution in [2.24, 2.45) is 0 Å². The van der Waals surface area contributed by atoms with E-state index in [1.165, 1.54) is 122 Å². The van der Waals surface area contributed by atoms with Crippen LogP contribution in [0.3, 0.4) is 0 Å². The van der Waals surface area contributed by atoms with Crippen LogP contribution in [0.1, 0.15) is 226 Å². The maximum atomic E-state index is 12.6. The zero-order chi connectivity index (χ0) is 35.9. The summed E-state index contributed by atoms with van der Waals surface area (Å²) in [6.07, 6.45) is 39.7. The largest absolute Gasteiger partial charge is 0.462 e. The highest BCUT2D eigenvalue weighted by molar-refractivity contribution is 5.71. The zero-order valence-corrected chi connectivity index (χ0v) is 32.7. The fourth-order valence-corrected chi connectivity index (χ4v) is 6.02. The van der Waals surface area contributed by atoms with Gasteiger partial charge in [0.05, 0.1) is 0 Å². The molecule has 0 radical (unpaired) electrons. The normalized spacial score (nSPS) is 12.0. The number of allylic oxidation sites excluding steroid dienone is 2. The van der Waals surface area contributed by atoms with Gasteiger partial charge in [-0.1, -0.05) is 174 Å². The third-order valence-corrected chi connectivity index (χ3v) is 9.27. The Morgan fingerprint density at radius 2 is 0.673 bits per heavy atom. The van der Waals surface area contributed by atoms with Crippen LogP contribution >= 0.6 is 0 Å². The predicted octanol–water partition coefficient (Wildman–Crippen LogP) is 13.1. The third-order valence-electron chi connectivity index (χ3n) is 9.27. The Morgan fingerprint density at radius 1 is 0.388 bits per heavy atom. The van der Waals surface area contributed by atoms with Crippen molar-refractivity contribution < 1.29 is 28.6 Å². The van der Waals surface area contributed by atoms with Crippen molar-refractivity contribution in [3.8, 4) is 0 Å². The van der Waals surface area contributed by atoms with Crippen molar-refractivity contribution in [3.63, 3.8) is 0 Å². The van der Waals surface area contributed by atoms with Gasteiger partial charge in [0, 0.05) is 19.3 Å². The number of carbonyl (C=O) groups excluding carboxylic acids is 3. The Labute approximate surface area is 303 Å². The molecule has 0 rings (SSSR count). The highest BCUT2D eigenvalue weighted by atomic mass is 16.6. The van der Waals surface area contributed by atoms with Gasteiger partial charge in [0.25, 0.3) is 0 Å². The van der Waals surface area contributed by atoms with E-state index >= 15 is 0 Å². The van der Waals surface area contributed by atoms with Crippen LogP contribution in [0.25, 0.3) is 0 Å². The number of ether oxygens (including phenoxy) is 3. The van der Waals surface area contributed by atoms with E-state index in [4.69, 9.17) is 14.2 Å². The molecule has 0 aromatic heterocycles. The molecule has 0 bridgehead atoms. The number of hydrogen-bond acceptors (Lipinski definition) is 6. The summed E-state index contributed by atoms with van der Waals surface area (Å²) in [4.78, 5) is 37.1. The molecule has 0 amide bonds. The van der Waals surface area contributed by atoms with E-state index in [0.29, 0.717) is 19.3 Å². The van der Waals surface area contributed by atoms with Gasteiger partial charge < -0.3 is 14.2 Å². The Hall–Kier alpha value is -1.85. The average molecular weight is 693 g/mol. The molecular formula is C43H80O6. The molecule has 0 spiro atoms. The van der Waals surface area contributed by atoms with Crippen molar-refractivity contribution in [1.82, 2.24) is 0 Å². The summed E-state index contributed by atoms with van der Waals surface area (Å²) in [6.45, 7) is 6.46. The lowest BCUT2D eigenvalue weighted by Gasteiger charge is -2.18. The third kappa shape index (κ3) is 37.2. The molecule has 49 heavy (non-hydrogen) atoms. The molecular weight excluding hydrogens is 612 g/mol. The summed E-state index contributed by atoms with van der Waals surface area (Å²) in [6, 6.07) is 0. The van der Waals surface area contributed by atoms with Gasteiger partial charge in [-0.05, 0) is 44.9 Å². The van der Waals surface area contributed by atoms with Crippen molar-refractivity contribution in [1.29, 1.82) is 0 Å². The summed E-state index contributed by atoms with van der Waals surface area (Å²) in [5, 5.41) is 0. The summed E-state index contributed by atoms with van der Waals surface area (Å²) in [7, 11) is 0. The van der Waals surface area contributed by atoms with Gasteiger partial charge in [0.2, 0.25) is 0 Å². The standard InChI is InChI=1S/C43H80O6/c1-4-7-10-12-14-16-18-20-21-23-25-27-29-31-34-37-43(46)49-40(38-47-41(44)35-32-9-6-3)39-48-42(45)36-33-30-28-26-24-22-19-17-15-13-11-8-5-2/h20-21,40H,4-19,22-39H2,1-3H3/b21-20-. The lowest BCUT2D eigenvalue weighted by Crippen LogP contribution is -2.30. The van der Waals surface area contributed by atoms with Gasteiger partial charge in [-0.25, -0.2) is 0 Å². The van der Waals surface area contributed by atoms with Crippen LogP contribution in [0.2, 0.25) is 0 Å². The molecule has 288 valence electrons. The van der Waals surface area contributed by atoms with Crippen molar-refractivity contribution in [3.05, 3.63) is 12.2 Å². The lowest BCUT2D eigenvalue weighted by molar-refractivity contribution is -0.167. The minimum atomic E-state index is -0.763. The molecule has 0 aliphatic rings. The molecule has 1 unspecified atom stereocenters. The number of rotatable bonds is 38. The fraction of sp³-hybridized carbons (Fsp3) is 0.884. The molecule has 6 heteroatoms. The molecule has 0 aliphatic heterocycles. The summed E-state index contributed by atoms with van der Waals surface area (Å²) >= 11 is 0. The van der Waals surface area contributed by atoms with E-state index < -0.39 is 6.10 Å². The number of carbonyl (C=O) groups is 3. The summed E-state index contributed by atoms with van der Waals surface area (Å²) < 4.78 is 16.5. The summed E-state index contributed by atoms with van der Waals surface area (Å²) in [5.41, 5.74) is 0. The van der Waals surface area contributed by atoms with Crippen molar-refractivity contribution >= 4 is 17.9 Å². The van der Waals surface area contributed by atoms with Crippen LogP contribution in [0.5, 0.6) is 0 Å². The molecule has 0 fully saturated rings. The zero-order valence-electron chi connectivity index (χ0n) is 32.7. The van der Waals surface area contributed by atoms with Gasteiger partial charge in [-0.15, -0.1) is 0 Å². The van der Waals surface area contributed by atoms with E-state index in [2.05, 4.69) is 32.9 Å². The maximum Gasteiger partial charge on any atom is 0.306 e. The van der Waals surface area contributed by atoms with Gasteiger partial charge in [-0.3, -0.25) is 14.4 Å². The van der Waals surface area contributed by atoms with Crippen molar-refractivity contribution in [2.75, 3.05) is 13.2 Å². The van der Waals surface area contributed by atoms with Crippen LogP contribution in [0, 0.1) is 0 Å². The van der Waals surface area contributed by atoms with Gasteiger partial charge in [-0.2, -0.15) is 0 Å². The Kier molecular flexibility index (Phi) is 37.5. The second-order valence-corrected chi connectivity index (χ2v) is 14.3. The first-order chi connectivity index (χ1) is 24.0. The van der Waals surface area contributed by atoms with Gasteiger partial charge in [0.1, 0.15) is 13.2 Å². The molecule has 0 aromatic carbocycles. The van der Waals surface area contributed by atoms with Crippen LogP contribution in [-0.2, 0) is 28.6 Å². The van der Waals surface area contributed by atoms with Gasteiger partial charge >= 0.3 is 17.9 Å². The van der Waals surface area contributed by atoms with Crippen LogP contribution < -0.4 is 0 Å². The first-order valence-electron chi connectivity index (χ1n) is 21.2. The molecule has 0 aromatic rings. The van der Waals surface area contributed by atoms with E-state index in [1.807, 2.05) is 0 Å². The predicted molar refractivity (Wildman–Crippen MR) is 206 cm³/mol. The molecule has 0 saturated heterocycles. The van der Waals surface area contributed by atoms with Crippen LogP contribution in [0.15, 0.2) is 12.2 Å². The minimum Gasteiger partial charge on any atom is -0.462 e.